The van der Waals surface area contributed by atoms with Crippen LogP contribution in [0.25, 0.3) is 16.9 Å². The predicted octanol–water partition coefficient (Wildman–Crippen LogP) is 3.47. The van der Waals surface area contributed by atoms with Crippen LogP contribution in [0.15, 0.2) is 48.8 Å². The molecule has 0 aliphatic heterocycles. The second-order valence-electron chi connectivity index (χ2n) is 3.92. The fraction of sp³-hybridized carbons (Fsp3) is 0. The van der Waals surface area contributed by atoms with Crippen molar-refractivity contribution in [2.45, 2.75) is 0 Å². The SMILES string of the molecule is O=Cc1ccc(-c2cccc3nccn23)cc1Cl. The molecule has 0 aliphatic rings. The van der Waals surface area contributed by atoms with Crippen molar-refractivity contribution in [1.29, 1.82) is 0 Å². The number of aldehydes is 1. The smallest absolute Gasteiger partial charge is 0.151 e. The van der Waals surface area contributed by atoms with E-state index in [2.05, 4.69) is 4.98 Å². The Kier molecular flexibility index (Phi) is 2.61. The summed E-state index contributed by atoms with van der Waals surface area (Å²) in [7, 11) is 0. The van der Waals surface area contributed by atoms with E-state index in [-0.39, 0.29) is 0 Å². The lowest BCUT2D eigenvalue weighted by molar-refractivity contribution is 0.112. The molecule has 0 spiro atoms. The number of aromatic nitrogens is 2. The number of imidazole rings is 1. The van der Waals surface area contributed by atoms with Gasteiger partial charge in [-0.25, -0.2) is 4.98 Å². The first-order valence-electron chi connectivity index (χ1n) is 5.47. The van der Waals surface area contributed by atoms with Crippen LogP contribution in [0.4, 0.5) is 0 Å². The first-order chi connectivity index (χ1) is 8.79. The van der Waals surface area contributed by atoms with Crippen molar-refractivity contribution >= 4 is 23.5 Å². The second-order valence-corrected chi connectivity index (χ2v) is 4.33. The molecule has 0 saturated heterocycles. The van der Waals surface area contributed by atoms with Crippen molar-refractivity contribution in [3.05, 3.63) is 59.4 Å². The van der Waals surface area contributed by atoms with Crippen molar-refractivity contribution in [1.82, 2.24) is 9.38 Å². The fourth-order valence-electron chi connectivity index (χ4n) is 1.96. The molecule has 88 valence electrons. The van der Waals surface area contributed by atoms with Crippen LogP contribution in [0.3, 0.4) is 0 Å². The zero-order valence-corrected chi connectivity index (χ0v) is 10.1. The molecular formula is C14H9ClN2O. The summed E-state index contributed by atoms with van der Waals surface area (Å²) in [6, 6.07) is 11.3. The Labute approximate surface area is 109 Å². The summed E-state index contributed by atoms with van der Waals surface area (Å²) in [5, 5.41) is 0.458. The molecule has 4 heteroatoms. The third-order valence-corrected chi connectivity index (χ3v) is 3.18. The van der Waals surface area contributed by atoms with E-state index in [0.29, 0.717) is 10.6 Å². The number of hydrogen-bond donors (Lipinski definition) is 0. The maximum Gasteiger partial charge on any atom is 0.151 e. The molecule has 18 heavy (non-hydrogen) atoms. The highest BCUT2D eigenvalue weighted by Crippen LogP contribution is 2.25. The topological polar surface area (TPSA) is 34.4 Å². The molecule has 0 amide bonds. The lowest BCUT2D eigenvalue weighted by Gasteiger charge is -2.06. The van der Waals surface area contributed by atoms with Crippen LogP contribution in [0.2, 0.25) is 5.02 Å². The molecule has 3 aromatic rings. The zero-order valence-electron chi connectivity index (χ0n) is 9.38. The van der Waals surface area contributed by atoms with Crippen LogP contribution in [0.5, 0.6) is 0 Å². The molecular weight excluding hydrogens is 248 g/mol. The van der Waals surface area contributed by atoms with E-state index in [1.165, 1.54) is 0 Å². The Morgan fingerprint density at radius 2 is 2.11 bits per heavy atom. The summed E-state index contributed by atoms with van der Waals surface area (Å²) >= 11 is 6.05. The Hall–Kier alpha value is -2.13. The summed E-state index contributed by atoms with van der Waals surface area (Å²) in [5.41, 5.74) is 3.32. The van der Waals surface area contributed by atoms with E-state index >= 15 is 0 Å². The van der Waals surface area contributed by atoms with Crippen LogP contribution in [0.1, 0.15) is 10.4 Å². The lowest BCUT2D eigenvalue weighted by Crippen LogP contribution is -1.91. The Morgan fingerprint density at radius 3 is 2.89 bits per heavy atom. The molecule has 0 bridgehead atoms. The highest BCUT2D eigenvalue weighted by Gasteiger charge is 2.06. The monoisotopic (exact) mass is 256 g/mol. The molecule has 3 rings (SSSR count). The highest BCUT2D eigenvalue weighted by molar-refractivity contribution is 6.33. The van der Waals surface area contributed by atoms with Gasteiger partial charge in [-0.2, -0.15) is 0 Å². The molecule has 0 unspecified atom stereocenters. The number of carbonyl (C=O) groups excluding carboxylic acids is 1. The maximum atomic E-state index is 10.7. The Balaban J connectivity index is 2.23. The predicted molar refractivity (Wildman–Crippen MR) is 71.0 cm³/mol. The van der Waals surface area contributed by atoms with Crippen molar-refractivity contribution in [3.8, 4) is 11.3 Å². The van der Waals surface area contributed by atoms with E-state index in [0.717, 1.165) is 23.2 Å². The van der Waals surface area contributed by atoms with Crippen LogP contribution in [-0.2, 0) is 0 Å². The molecule has 0 aliphatic carbocycles. The van der Waals surface area contributed by atoms with Gasteiger partial charge in [0.05, 0.1) is 10.7 Å². The lowest BCUT2D eigenvalue weighted by atomic mass is 10.1. The maximum absolute atomic E-state index is 10.7. The van der Waals surface area contributed by atoms with E-state index in [9.17, 15) is 4.79 Å². The average Bonchev–Trinajstić information content (AvgIpc) is 2.86. The van der Waals surface area contributed by atoms with Gasteiger partial charge in [-0.15, -0.1) is 0 Å². The molecule has 0 radical (unpaired) electrons. The minimum absolute atomic E-state index is 0.458. The van der Waals surface area contributed by atoms with Crippen molar-refractivity contribution in [3.63, 3.8) is 0 Å². The van der Waals surface area contributed by atoms with E-state index in [4.69, 9.17) is 11.6 Å². The molecule has 2 heterocycles. The summed E-state index contributed by atoms with van der Waals surface area (Å²) in [6.07, 6.45) is 4.40. The highest BCUT2D eigenvalue weighted by atomic mass is 35.5. The number of nitrogens with zero attached hydrogens (tertiary/aromatic N) is 2. The average molecular weight is 257 g/mol. The number of rotatable bonds is 2. The van der Waals surface area contributed by atoms with Gasteiger partial charge in [0.1, 0.15) is 5.65 Å². The fourth-order valence-corrected chi connectivity index (χ4v) is 2.19. The van der Waals surface area contributed by atoms with Gasteiger partial charge in [0, 0.05) is 23.5 Å². The quantitative estimate of drug-likeness (QED) is 0.658. The third kappa shape index (κ3) is 1.69. The molecule has 0 N–H and O–H groups in total. The first kappa shape index (κ1) is 11.0. The Bertz CT molecular complexity index is 733. The van der Waals surface area contributed by atoms with Gasteiger partial charge in [0.25, 0.3) is 0 Å². The van der Waals surface area contributed by atoms with Gasteiger partial charge >= 0.3 is 0 Å². The van der Waals surface area contributed by atoms with Crippen LogP contribution < -0.4 is 0 Å². The summed E-state index contributed by atoms with van der Waals surface area (Å²) < 4.78 is 1.98. The normalized spacial score (nSPS) is 10.7. The second kappa shape index (κ2) is 4.27. The molecule has 0 fully saturated rings. The van der Waals surface area contributed by atoms with E-state index in [1.54, 1.807) is 18.3 Å². The largest absolute Gasteiger partial charge is 0.300 e. The number of carbonyl (C=O) groups is 1. The molecule has 3 nitrogen and oxygen atoms in total. The number of benzene rings is 1. The molecule has 0 atom stereocenters. The third-order valence-electron chi connectivity index (χ3n) is 2.85. The summed E-state index contributed by atoms with van der Waals surface area (Å²) in [5.74, 6) is 0. The molecule has 0 saturated carbocycles. The summed E-state index contributed by atoms with van der Waals surface area (Å²) in [4.78, 5) is 15.0. The minimum Gasteiger partial charge on any atom is -0.300 e. The van der Waals surface area contributed by atoms with Crippen molar-refractivity contribution < 1.29 is 4.79 Å². The minimum atomic E-state index is 0.458. The van der Waals surface area contributed by atoms with Gasteiger partial charge in [0.15, 0.2) is 6.29 Å². The van der Waals surface area contributed by atoms with Crippen molar-refractivity contribution in [2.24, 2.45) is 0 Å². The van der Waals surface area contributed by atoms with Gasteiger partial charge in [-0.3, -0.25) is 9.20 Å². The van der Waals surface area contributed by atoms with E-state index in [1.807, 2.05) is 34.9 Å². The summed E-state index contributed by atoms with van der Waals surface area (Å²) in [6.45, 7) is 0. The van der Waals surface area contributed by atoms with Crippen LogP contribution in [0, 0.1) is 0 Å². The van der Waals surface area contributed by atoms with E-state index < -0.39 is 0 Å². The van der Waals surface area contributed by atoms with Crippen molar-refractivity contribution in [2.75, 3.05) is 0 Å². The van der Waals surface area contributed by atoms with Gasteiger partial charge in [0.2, 0.25) is 0 Å². The molecule has 1 aromatic carbocycles. The zero-order chi connectivity index (χ0) is 12.5. The van der Waals surface area contributed by atoms with Gasteiger partial charge in [-0.1, -0.05) is 23.7 Å². The van der Waals surface area contributed by atoms with Crippen LogP contribution in [-0.4, -0.2) is 15.7 Å². The first-order valence-corrected chi connectivity index (χ1v) is 5.84. The van der Waals surface area contributed by atoms with Crippen LogP contribution >= 0.6 is 11.6 Å². The number of halogens is 1. The van der Waals surface area contributed by atoms with Gasteiger partial charge < -0.3 is 0 Å². The standard InChI is InChI=1S/C14H9ClN2O/c15-12-8-10(4-5-11(12)9-18)13-2-1-3-14-16-6-7-17(13)14/h1-9H. The molecule has 2 aromatic heterocycles. The van der Waals surface area contributed by atoms with Gasteiger partial charge in [-0.05, 0) is 24.3 Å². The number of hydrogen-bond acceptors (Lipinski definition) is 2. The number of fused-ring (bicyclic) bond motifs is 1. The number of pyridine rings is 1. The Morgan fingerprint density at radius 1 is 1.22 bits per heavy atom.